The van der Waals surface area contributed by atoms with Crippen molar-refractivity contribution in [3.63, 3.8) is 0 Å². The summed E-state index contributed by atoms with van der Waals surface area (Å²) in [6.45, 7) is 2.78. The average molecular weight is 352 g/mol. The quantitative estimate of drug-likeness (QED) is 0.740. The molecule has 2 aromatic carbocycles. The lowest BCUT2D eigenvalue weighted by Gasteiger charge is -2.07. The number of fused-ring (bicyclic) bond motifs is 2. The zero-order chi connectivity index (χ0) is 18.1. The Morgan fingerprint density at radius 3 is 2.88 bits per heavy atom. The second kappa shape index (κ2) is 6.63. The molecule has 0 radical (unpaired) electrons. The number of aromatic amines is 1. The van der Waals surface area contributed by atoms with Gasteiger partial charge in [-0.25, -0.2) is 0 Å². The zero-order valence-electron chi connectivity index (χ0n) is 14.7. The second-order valence-corrected chi connectivity index (χ2v) is 6.21. The van der Waals surface area contributed by atoms with Crippen LogP contribution in [-0.4, -0.2) is 31.3 Å². The molecule has 1 aliphatic rings. The number of carbonyl (C=O) groups excluding carboxylic acids is 1. The second-order valence-electron chi connectivity index (χ2n) is 6.21. The predicted octanol–water partition coefficient (Wildman–Crippen LogP) is 3.19. The molecule has 0 atom stereocenters. The monoisotopic (exact) mass is 352 g/mol. The summed E-state index contributed by atoms with van der Waals surface area (Å²) in [6.07, 6.45) is 0.731. The van der Waals surface area contributed by atoms with Crippen LogP contribution >= 0.6 is 0 Å². The van der Waals surface area contributed by atoms with E-state index < -0.39 is 0 Å². The van der Waals surface area contributed by atoms with Crippen LogP contribution in [0.5, 0.6) is 17.2 Å². The first-order valence-corrected chi connectivity index (χ1v) is 8.49. The number of benzene rings is 2. The maximum atomic E-state index is 12.4. The van der Waals surface area contributed by atoms with Crippen LogP contribution in [0.1, 0.15) is 21.6 Å². The van der Waals surface area contributed by atoms with Gasteiger partial charge in [-0.2, -0.15) is 0 Å². The van der Waals surface area contributed by atoms with E-state index in [1.165, 1.54) is 5.56 Å². The Kier molecular flexibility index (Phi) is 4.16. The predicted molar refractivity (Wildman–Crippen MR) is 98.2 cm³/mol. The van der Waals surface area contributed by atoms with Crippen LogP contribution < -0.4 is 19.5 Å². The van der Waals surface area contributed by atoms with Gasteiger partial charge in [0, 0.05) is 28.7 Å². The highest BCUT2D eigenvalue weighted by Crippen LogP contribution is 2.32. The summed E-state index contributed by atoms with van der Waals surface area (Å²) in [5.74, 6) is 1.97. The lowest BCUT2D eigenvalue weighted by molar-refractivity contribution is 0.0953. The molecule has 134 valence electrons. The van der Waals surface area contributed by atoms with Gasteiger partial charge in [0.2, 0.25) is 6.79 Å². The standard InChI is InChI=1S/C20H20N2O4/c1-12-15(16-10-14(24-2)4-5-17(16)22-12)7-8-21-20(23)13-3-6-18-19(9-13)26-11-25-18/h3-6,9-10,22H,7-8,11H2,1-2H3,(H,21,23). The van der Waals surface area contributed by atoms with Gasteiger partial charge < -0.3 is 24.5 Å². The van der Waals surface area contributed by atoms with Crippen molar-refractivity contribution in [3.05, 3.63) is 53.2 Å². The van der Waals surface area contributed by atoms with Crippen LogP contribution in [0.4, 0.5) is 0 Å². The Morgan fingerprint density at radius 2 is 2.04 bits per heavy atom. The Hall–Kier alpha value is -3.15. The van der Waals surface area contributed by atoms with Gasteiger partial charge in [-0.3, -0.25) is 4.79 Å². The lowest BCUT2D eigenvalue weighted by Crippen LogP contribution is -2.25. The molecule has 26 heavy (non-hydrogen) atoms. The van der Waals surface area contributed by atoms with Gasteiger partial charge >= 0.3 is 0 Å². The number of methoxy groups -OCH3 is 1. The first-order valence-electron chi connectivity index (χ1n) is 8.49. The van der Waals surface area contributed by atoms with E-state index in [1.807, 2.05) is 25.1 Å². The number of aryl methyl sites for hydroxylation is 1. The topological polar surface area (TPSA) is 72.6 Å². The number of aromatic nitrogens is 1. The molecule has 2 N–H and O–H groups in total. The summed E-state index contributed by atoms with van der Waals surface area (Å²) in [4.78, 5) is 15.8. The van der Waals surface area contributed by atoms with Gasteiger partial charge in [0.05, 0.1) is 7.11 Å². The number of rotatable bonds is 5. The van der Waals surface area contributed by atoms with Crippen molar-refractivity contribution in [2.75, 3.05) is 20.4 Å². The average Bonchev–Trinajstić information content (AvgIpc) is 3.24. The molecule has 6 nitrogen and oxygen atoms in total. The minimum Gasteiger partial charge on any atom is -0.497 e. The molecule has 0 unspecified atom stereocenters. The minimum absolute atomic E-state index is 0.127. The van der Waals surface area contributed by atoms with E-state index in [1.54, 1.807) is 25.3 Å². The third-order valence-corrected chi connectivity index (χ3v) is 4.62. The van der Waals surface area contributed by atoms with E-state index in [4.69, 9.17) is 14.2 Å². The summed E-state index contributed by atoms with van der Waals surface area (Å²) in [5.41, 5.74) is 3.92. The molecule has 3 aromatic rings. The van der Waals surface area contributed by atoms with Crippen molar-refractivity contribution in [1.29, 1.82) is 0 Å². The first kappa shape index (κ1) is 16.3. The number of ether oxygens (including phenoxy) is 3. The van der Waals surface area contributed by atoms with Gasteiger partial charge in [0.15, 0.2) is 11.5 Å². The third kappa shape index (κ3) is 2.94. The largest absolute Gasteiger partial charge is 0.497 e. The van der Waals surface area contributed by atoms with Crippen LogP contribution in [0.25, 0.3) is 10.9 Å². The highest BCUT2D eigenvalue weighted by Gasteiger charge is 2.16. The fourth-order valence-corrected chi connectivity index (χ4v) is 3.25. The van der Waals surface area contributed by atoms with Crippen molar-refractivity contribution >= 4 is 16.8 Å². The highest BCUT2D eigenvalue weighted by molar-refractivity contribution is 5.95. The normalized spacial score (nSPS) is 12.4. The molecule has 0 bridgehead atoms. The highest BCUT2D eigenvalue weighted by atomic mass is 16.7. The van der Waals surface area contributed by atoms with Crippen molar-refractivity contribution in [1.82, 2.24) is 10.3 Å². The molecule has 0 aliphatic carbocycles. The van der Waals surface area contributed by atoms with Crippen LogP contribution in [0.15, 0.2) is 36.4 Å². The maximum absolute atomic E-state index is 12.4. The molecule has 1 aliphatic heterocycles. The number of nitrogens with one attached hydrogen (secondary N) is 2. The van der Waals surface area contributed by atoms with Crippen molar-refractivity contribution < 1.29 is 19.0 Å². The lowest BCUT2D eigenvalue weighted by atomic mass is 10.1. The molecule has 0 fully saturated rings. The number of carbonyl (C=O) groups is 1. The Balaban J connectivity index is 1.45. The SMILES string of the molecule is COc1ccc2[nH]c(C)c(CCNC(=O)c3ccc4c(c3)OCO4)c2c1. The van der Waals surface area contributed by atoms with Crippen LogP contribution in [0.3, 0.4) is 0 Å². The summed E-state index contributed by atoms with van der Waals surface area (Å²) in [6, 6.07) is 11.2. The molecule has 0 saturated carbocycles. The van der Waals surface area contributed by atoms with Gasteiger partial charge in [-0.05, 0) is 55.3 Å². The van der Waals surface area contributed by atoms with E-state index >= 15 is 0 Å². The van der Waals surface area contributed by atoms with Crippen LogP contribution in [0.2, 0.25) is 0 Å². The summed E-state index contributed by atoms with van der Waals surface area (Å²) in [7, 11) is 1.66. The molecule has 6 heteroatoms. The van der Waals surface area contributed by atoms with Crippen molar-refractivity contribution in [3.8, 4) is 17.2 Å². The number of hydrogen-bond donors (Lipinski definition) is 2. The molecule has 0 saturated heterocycles. The van der Waals surface area contributed by atoms with Gasteiger partial charge in [0.25, 0.3) is 5.91 Å². The summed E-state index contributed by atoms with van der Waals surface area (Å²) < 4.78 is 15.9. The number of amides is 1. The molecule has 4 rings (SSSR count). The van der Waals surface area contributed by atoms with Crippen molar-refractivity contribution in [2.45, 2.75) is 13.3 Å². The van der Waals surface area contributed by atoms with Crippen LogP contribution in [0, 0.1) is 6.92 Å². The molecule has 1 aromatic heterocycles. The van der Waals surface area contributed by atoms with E-state index in [-0.39, 0.29) is 12.7 Å². The van der Waals surface area contributed by atoms with Gasteiger partial charge in [-0.15, -0.1) is 0 Å². The van der Waals surface area contributed by atoms with E-state index in [0.29, 0.717) is 23.6 Å². The number of hydrogen-bond acceptors (Lipinski definition) is 4. The fourth-order valence-electron chi connectivity index (χ4n) is 3.25. The zero-order valence-corrected chi connectivity index (χ0v) is 14.7. The van der Waals surface area contributed by atoms with Crippen molar-refractivity contribution in [2.24, 2.45) is 0 Å². The summed E-state index contributed by atoms with van der Waals surface area (Å²) in [5, 5.41) is 4.09. The van der Waals surface area contributed by atoms with Gasteiger partial charge in [-0.1, -0.05) is 0 Å². The smallest absolute Gasteiger partial charge is 0.251 e. The molecule has 0 spiro atoms. The van der Waals surface area contributed by atoms with E-state index in [0.717, 1.165) is 28.8 Å². The molecule has 2 heterocycles. The Labute approximate surface area is 151 Å². The molecular formula is C20H20N2O4. The molecular weight excluding hydrogens is 332 g/mol. The third-order valence-electron chi connectivity index (χ3n) is 4.62. The van der Waals surface area contributed by atoms with Crippen LogP contribution in [-0.2, 0) is 6.42 Å². The fraction of sp³-hybridized carbons (Fsp3) is 0.250. The molecule has 1 amide bonds. The maximum Gasteiger partial charge on any atom is 0.251 e. The van der Waals surface area contributed by atoms with E-state index in [9.17, 15) is 4.79 Å². The summed E-state index contributed by atoms with van der Waals surface area (Å²) >= 11 is 0. The Bertz CT molecular complexity index is 977. The Morgan fingerprint density at radius 1 is 1.19 bits per heavy atom. The number of H-pyrrole nitrogens is 1. The first-order chi connectivity index (χ1) is 12.7. The van der Waals surface area contributed by atoms with Gasteiger partial charge in [0.1, 0.15) is 5.75 Å². The van der Waals surface area contributed by atoms with E-state index in [2.05, 4.69) is 10.3 Å². The minimum atomic E-state index is -0.127.